The predicted molar refractivity (Wildman–Crippen MR) is 71.5 cm³/mol. The van der Waals surface area contributed by atoms with Crippen molar-refractivity contribution >= 4 is 17.6 Å². The Balaban J connectivity index is 2.26. The summed E-state index contributed by atoms with van der Waals surface area (Å²) in [6, 6.07) is 0. The monoisotopic (exact) mass is 264 g/mol. The molecule has 0 saturated heterocycles. The number of nitrogens with zero attached hydrogens (tertiary/aromatic N) is 2. The minimum Gasteiger partial charge on any atom is -0.383 e. The lowest BCUT2D eigenvalue weighted by Crippen LogP contribution is -2.37. The zero-order valence-electron chi connectivity index (χ0n) is 11.4. The van der Waals surface area contributed by atoms with Crippen LogP contribution in [0.4, 0.5) is 5.82 Å². The van der Waals surface area contributed by atoms with Crippen LogP contribution in [0.2, 0.25) is 0 Å². The highest BCUT2D eigenvalue weighted by Gasteiger charge is 2.29. The van der Waals surface area contributed by atoms with Crippen molar-refractivity contribution in [2.24, 2.45) is 5.92 Å². The van der Waals surface area contributed by atoms with Crippen LogP contribution < -0.4 is 11.1 Å². The summed E-state index contributed by atoms with van der Waals surface area (Å²) in [5.41, 5.74) is 6.85. The number of nitrogens with two attached hydrogens (primary N) is 1. The lowest BCUT2D eigenvalue weighted by Gasteiger charge is -2.14. The van der Waals surface area contributed by atoms with E-state index in [0.29, 0.717) is 29.5 Å². The largest absolute Gasteiger partial charge is 0.383 e. The summed E-state index contributed by atoms with van der Waals surface area (Å²) in [5, 5.41) is 6.60. The van der Waals surface area contributed by atoms with Gasteiger partial charge in [0.05, 0.1) is 12.1 Å². The topological polar surface area (TPSA) is 90.0 Å². The number of carbonyl (C=O) groups excluding carboxylic acids is 2. The van der Waals surface area contributed by atoms with Gasteiger partial charge >= 0.3 is 0 Å². The first-order chi connectivity index (χ1) is 9.06. The lowest BCUT2D eigenvalue weighted by atomic mass is 10.0. The first-order valence-corrected chi connectivity index (χ1v) is 6.76. The number of amides is 2. The van der Waals surface area contributed by atoms with E-state index < -0.39 is 5.91 Å². The first-order valence-electron chi connectivity index (χ1n) is 6.76. The predicted octanol–water partition coefficient (Wildman–Crippen LogP) is 1.10. The van der Waals surface area contributed by atoms with Gasteiger partial charge in [0.25, 0.3) is 5.91 Å². The highest BCUT2D eigenvalue weighted by molar-refractivity contribution is 6.11. The molecule has 2 rings (SSSR count). The zero-order chi connectivity index (χ0) is 14.0. The molecule has 1 atom stereocenters. The summed E-state index contributed by atoms with van der Waals surface area (Å²) >= 11 is 0. The van der Waals surface area contributed by atoms with E-state index in [1.807, 2.05) is 0 Å². The molecule has 104 valence electrons. The van der Waals surface area contributed by atoms with E-state index in [2.05, 4.69) is 24.3 Å². The smallest absolute Gasteiger partial charge is 0.263 e. The van der Waals surface area contributed by atoms with Crippen LogP contribution in [-0.2, 0) is 17.8 Å². The molecule has 1 unspecified atom stereocenters. The summed E-state index contributed by atoms with van der Waals surface area (Å²) in [4.78, 5) is 23.1. The Bertz CT molecular complexity index is 507. The third-order valence-corrected chi connectivity index (χ3v) is 3.58. The summed E-state index contributed by atoms with van der Waals surface area (Å²) in [6.07, 6.45) is 3.38. The zero-order valence-corrected chi connectivity index (χ0v) is 11.4. The Morgan fingerprint density at radius 2 is 2.16 bits per heavy atom. The molecule has 3 N–H and O–H groups in total. The average molecular weight is 264 g/mol. The van der Waals surface area contributed by atoms with Gasteiger partial charge in [0.15, 0.2) is 0 Å². The molecule has 1 aromatic heterocycles. The van der Waals surface area contributed by atoms with Crippen LogP contribution in [0, 0.1) is 5.92 Å². The minimum absolute atomic E-state index is 0.128. The number of anilines is 1. The standard InChI is InChI=1S/C13H20N4O2/c1-3-5-8(4-2)7-17-12(14)11-9(16-17)6-10(18)15-13(11)19/h8H,3-7,14H2,1-2H3,(H,15,18,19). The van der Waals surface area contributed by atoms with Crippen molar-refractivity contribution in [1.29, 1.82) is 0 Å². The Morgan fingerprint density at radius 3 is 2.79 bits per heavy atom. The van der Waals surface area contributed by atoms with Crippen LogP contribution >= 0.6 is 0 Å². The summed E-state index contributed by atoms with van der Waals surface area (Å²) in [5.74, 6) is 0.114. The molecule has 0 radical (unpaired) electrons. The van der Waals surface area contributed by atoms with Gasteiger partial charge in [0.2, 0.25) is 5.91 Å². The van der Waals surface area contributed by atoms with Crippen LogP contribution in [0.5, 0.6) is 0 Å². The molecule has 0 fully saturated rings. The van der Waals surface area contributed by atoms with E-state index in [-0.39, 0.29) is 12.3 Å². The van der Waals surface area contributed by atoms with E-state index in [1.165, 1.54) is 0 Å². The van der Waals surface area contributed by atoms with Crippen LogP contribution in [0.3, 0.4) is 0 Å². The number of fused-ring (bicyclic) bond motifs is 1. The van der Waals surface area contributed by atoms with Crippen molar-refractivity contribution < 1.29 is 9.59 Å². The van der Waals surface area contributed by atoms with Crippen LogP contribution in [0.25, 0.3) is 0 Å². The van der Waals surface area contributed by atoms with Crippen molar-refractivity contribution in [2.45, 2.75) is 46.1 Å². The quantitative estimate of drug-likeness (QED) is 0.779. The fourth-order valence-corrected chi connectivity index (χ4v) is 2.50. The van der Waals surface area contributed by atoms with Gasteiger partial charge in [-0.2, -0.15) is 5.10 Å². The number of imide groups is 1. The number of rotatable bonds is 5. The van der Waals surface area contributed by atoms with Gasteiger partial charge in [-0.15, -0.1) is 0 Å². The van der Waals surface area contributed by atoms with Crippen molar-refractivity contribution in [3.05, 3.63) is 11.3 Å². The number of aromatic nitrogens is 2. The van der Waals surface area contributed by atoms with Crippen molar-refractivity contribution in [3.8, 4) is 0 Å². The van der Waals surface area contributed by atoms with Crippen LogP contribution in [0.15, 0.2) is 0 Å². The molecule has 2 amide bonds. The Hall–Kier alpha value is -1.85. The van der Waals surface area contributed by atoms with E-state index in [4.69, 9.17) is 5.73 Å². The highest BCUT2D eigenvalue weighted by Crippen LogP contribution is 2.23. The molecule has 6 nitrogen and oxygen atoms in total. The summed E-state index contributed by atoms with van der Waals surface area (Å²) < 4.78 is 1.67. The van der Waals surface area contributed by atoms with Gasteiger partial charge in [-0.05, 0) is 12.3 Å². The van der Waals surface area contributed by atoms with Gasteiger partial charge < -0.3 is 5.73 Å². The number of hydrogen-bond donors (Lipinski definition) is 2. The molecular weight excluding hydrogens is 244 g/mol. The normalized spacial score (nSPS) is 16.1. The molecular formula is C13H20N4O2. The molecule has 0 aromatic carbocycles. The maximum Gasteiger partial charge on any atom is 0.263 e. The fourth-order valence-electron chi connectivity index (χ4n) is 2.50. The van der Waals surface area contributed by atoms with Crippen molar-refractivity contribution in [1.82, 2.24) is 15.1 Å². The van der Waals surface area contributed by atoms with E-state index in [0.717, 1.165) is 19.3 Å². The average Bonchev–Trinajstić information content (AvgIpc) is 2.65. The minimum atomic E-state index is -0.432. The molecule has 0 spiro atoms. The molecule has 19 heavy (non-hydrogen) atoms. The molecule has 1 aliphatic rings. The molecule has 0 aliphatic carbocycles. The number of hydrogen-bond acceptors (Lipinski definition) is 4. The maximum atomic E-state index is 11.7. The van der Waals surface area contributed by atoms with Crippen LogP contribution in [-0.4, -0.2) is 21.6 Å². The molecule has 0 saturated carbocycles. The van der Waals surface area contributed by atoms with Gasteiger partial charge in [-0.3, -0.25) is 14.9 Å². The SMILES string of the molecule is CCCC(CC)Cn1nc2c(c1N)C(=O)NC(=O)C2. The first kappa shape index (κ1) is 13.6. The second-order valence-corrected chi connectivity index (χ2v) is 5.01. The molecule has 2 heterocycles. The fraction of sp³-hybridized carbons (Fsp3) is 0.615. The molecule has 0 bridgehead atoms. The van der Waals surface area contributed by atoms with E-state index in [1.54, 1.807) is 4.68 Å². The van der Waals surface area contributed by atoms with E-state index in [9.17, 15) is 9.59 Å². The van der Waals surface area contributed by atoms with Crippen LogP contribution in [0.1, 0.15) is 49.2 Å². The summed E-state index contributed by atoms with van der Waals surface area (Å²) in [6.45, 7) is 4.98. The molecule has 1 aromatic rings. The number of nitrogens with one attached hydrogen (secondary N) is 1. The highest BCUT2D eigenvalue weighted by atomic mass is 16.2. The van der Waals surface area contributed by atoms with Crippen molar-refractivity contribution in [2.75, 3.05) is 5.73 Å². The van der Waals surface area contributed by atoms with E-state index >= 15 is 0 Å². The summed E-state index contributed by atoms with van der Waals surface area (Å²) in [7, 11) is 0. The second kappa shape index (κ2) is 5.42. The van der Waals surface area contributed by atoms with Gasteiger partial charge in [-0.25, -0.2) is 4.68 Å². The maximum absolute atomic E-state index is 11.7. The second-order valence-electron chi connectivity index (χ2n) is 5.01. The molecule has 6 heteroatoms. The third-order valence-electron chi connectivity index (χ3n) is 3.58. The Morgan fingerprint density at radius 1 is 1.42 bits per heavy atom. The third kappa shape index (κ3) is 2.62. The van der Waals surface area contributed by atoms with Gasteiger partial charge in [0.1, 0.15) is 11.4 Å². The van der Waals surface area contributed by atoms with Gasteiger partial charge in [0, 0.05) is 6.54 Å². The molecule has 1 aliphatic heterocycles. The Kier molecular flexibility index (Phi) is 3.87. The Labute approximate surface area is 112 Å². The lowest BCUT2D eigenvalue weighted by molar-refractivity contribution is -0.119. The number of nitrogen functional groups attached to an aromatic ring is 1. The van der Waals surface area contributed by atoms with Crippen molar-refractivity contribution in [3.63, 3.8) is 0 Å². The van der Waals surface area contributed by atoms with Gasteiger partial charge in [-0.1, -0.05) is 26.7 Å². The number of carbonyl (C=O) groups is 2.